The number of ether oxygens (including phenoxy) is 3. The maximum atomic E-state index is 15.8. The lowest BCUT2D eigenvalue weighted by Crippen LogP contribution is -2.47. The van der Waals surface area contributed by atoms with Crippen LogP contribution in [0.1, 0.15) is 45.1 Å². The summed E-state index contributed by atoms with van der Waals surface area (Å²) in [4.78, 5) is 36.6. The SMILES string of the molecule is C[C@@H](SC1COC(/C=C/C=C/c2ccc(C#N)cc2F)OC1)[C@@](Cn1cncn1)(OC(=O)c1cc(C#N)ccc1COP(=O)(O)O)c1ccc(F)cc1F. The molecule has 0 unspecified atom stereocenters. The van der Waals surface area contributed by atoms with Crippen molar-refractivity contribution in [1.29, 1.82) is 10.5 Å². The van der Waals surface area contributed by atoms with E-state index in [1.165, 1.54) is 59.4 Å². The lowest BCUT2D eigenvalue weighted by atomic mass is 9.89. The Balaban J connectivity index is 1.41. The minimum atomic E-state index is -4.98. The molecule has 5 rings (SSSR count). The van der Waals surface area contributed by atoms with Gasteiger partial charge in [0, 0.05) is 22.4 Å². The Labute approximate surface area is 311 Å². The molecule has 2 heterocycles. The van der Waals surface area contributed by atoms with Gasteiger partial charge in [0.15, 0.2) is 11.9 Å². The summed E-state index contributed by atoms with van der Waals surface area (Å²) in [5.41, 5.74) is -2.02. The van der Waals surface area contributed by atoms with Crippen molar-refractivity contribution in [3.63, 3.8) is 0 Å². The Morgan fingerprint density at radius 1 is 1.07 bits per heavy atom. The summed E-state index contributed by atoms with van der Waals surface area (Å²) in [6.07, 6.45) is 8.08. The molecule has 1 aromatic heterocycles. The highest BCUT2D eigenvalue weighted by molar-refractivity contribution is 8.00. The van der Waals surface area contributed by atoms with Crippen molar-refractivity contribution in [3.05, 3.63) is 136 Å². The van der Waals surface area contributed by atoms with Crippen molar-refractivity contribution in [2.24, 2.45) is 0 Å². The monoisotopic (exact) mass is 781 g/mol. The van der Waals surface area contributed by atoms with E-state index in [0.29, 0.717) is 6.07 Å². The summed E-state index contributed by atoms with van der Waals surface area (Å²) in [7, 11) is -4.98. The average Bonchev–Trinajstić information content (AvgIpc) is 3.66. The molecule has 13 nitrogen and oxygen atoms in total. The van der Waals surface area contributed by atoms with E-state index in [4.69, 9.17) is 19.5 Å². The number of hydrogen-bond donors (Lipinski definition) is 2. The van der Waals surface area contributed by atoms with E-state index >= 15 is 4.39 Å². The number of carbonyl (C=O) groups is 1. The van der Waals surface area contributed by atoms with Gasteiger partial charge < -0.3 is 24.0 Å². The number of allylic oxidation sites excluding steroid dienone is 2. The summed E-state index contributed by atoms with van der Waals surface area (Å²) in [5.74, 6) is -3.58. The molecule has 0 radical (unpaired) electrons. The molecule has 0 spiro atoms. The van der Waals surface area contributed by atoms with Crippen molar-refractivity contribution in [2.75, 3.05) is 13.2 Å². The smallest absolute Gasteiger partial charge is 0.447 e. The van der Waals surface area contributed by atoms with E-state index in [0.717, 1.165) is 24.3 Å². The predicted octanol–water partition coefficient (Wildman–Crippen LogP) is 5.93. The van der Waals surface area contributed by atoms with Gasteiger partial charge in [-0.25, -0.2) is 32.2 Å². The second kappa shape index (κ2) is 17.8. The molecule has 0 saturated carbocycles. The molecule has 1 aliphatic heterocycles. The number of nitriles is 2. The highest BCUT2D eigenvalue weighted by Gasteiger charge is 2.47. The number of phosphoric ester groups is 1. The van der Waals surface area contributed by atoms with Crippen molar-refractivity contribution >= 4 is 31.6 Å². The quantitative estimate of drug-likeness (QED) is 0.0870. The number of benzene rings is 3. The third kappa shape index (κ3) is 10.3. The van der Waals surface area contributed by atoms with Crippen molar-refractivity contribution in [2.45, 2.75) is 42.5 Å². The van der Waals surface area contributed by atoms with Crippen molar-refractivity contribution < 1.29 is 51.1 Å². The van der Waals surface area contributed by atoms with Crippen LogP contribution in [0.2, 0.25) is 0 Å². The zero-order valence-electron chi connectivity index (χ0n) is 28.3. The largest absolute Gasteiger partial charge is 0.469 e. The summed E-state index contributed by atoms with van der Waals surface area (Å²) in [5, 5.41) is 21.3. The molecular formula is C36H31F3N5O8PS. The van der Waals surface area contributed by atoms with E-state index in [1.54, 1.807) is 25.2 Å². The van der Waals surface area contributed by atoms with Crippen LogP contribution in [0, 0.1) is 40.1 Å². The molecule has 4 aromatic rings. The number of rotatable bonds is 14. The third-order valence-electron chi connectivity index (χ3n) is 8.10. The summed E-state index contributed by atoms with van der Waals surface area (Å²) >= 11 is 1.22. The van der Waals surface area contributed by atoms with Crippen LogP contribution in [-0.2, 0) is 42.1 Å². The van der Waals surface area contributed by atoms with Gasteiger partial charge in [0.2, 0.25) is 0 Å². The maximum Gasteiger partial charge on any atom is 0.469 e. The number of phosphoric acid groups is 1. The third-order valence-corrected chi connectivity index (χ3v) is 10.0. The van der Waals surface area contributed by atoms with Gasteiger partial charge in [-0.1, -0.05) is 30.4 Å². The van der Waals surface area contributed by atoms with Gasteiger partial charge in [0.25, 0.3) is 0 Å². The number of thioether (sulfide) groups is 1. The van der Waals surface area contributed by atoms with Gasteiger partial charge in [-0.2, -0.15) is 15.6 Å². The molecule has 0 aliphatic carbocycles. The zero-order valence-corrected chi connectivity index (χ0v) is 30.0. The maximum absolute atomic E-state index is 15.8. The van der Waals surface area contributed by atoms with Crippen LogP contribution in [0.25, 0.3) is 6.08 Å². The standard InChI is InChI=1S/C36H31F3N5O8PS/c1-23(54-29-18-49-34(50-19-29)5-3-2-4-26-8-6-25(16-41)13-32(26)38)36(20-44-22-42-21-43-44,31-11-10-28(37)14-33(31)39)52-35(45)30-12-24(15-40)7-9-27(30)17-51-53(46,47)48/h2-14,21-23,29,34H,17-20H2,1H3,(H2,46,47,48)/b4-2+,5-3+/t23-,29?,34?,36-/m1/s1. The van der Waals surface area contributed by atoms with Gasteiger partial charge >= 0.3 is 13.8 Å². The molecule has 2 N–H and O–H groups in total. The van der Waals surface area contributed by atoms with Crippen LogP contribution >= 0.6 is 19.6 Å². The first-order chi connectivity index (χ1) is 25.8. The molecular weight excluding hydrogens is 750 g/mol. The van der Waals surface area contributed by atoms with Gasteiger partial charge in [-0.3, -0.25) is 4.52 Å². The van der Waals surface area contributed by atoms with Crippen LogP contribution in [0.4, 0.5) is 13.2 Å². The first-order valence-electron chi connectivity index (χ1n) is 16.0. The Morgan fingerprint density at radius 2 is 1.80 bits per heavy atom. The van der Waals surface area contributed by atoms with Crippen LogP contribution in [0.5, 0.6) is 0 Å². The normalized spacial score (nSPS) is 17.9. The van der Waals surface area contributed by atoms with Crippen LogP contribution < -0.4 is 0 Å². The molecule has 0 bridgehead atoms. The fourth-order valence-corrected chi connectivity index (χ4v) is 7.13. The first kappa shape index (κ1) is 40.1. The number of nitrogens with zero attached hydrogens (tertiary/aromatic N) is 5. The molecule has 0 amide bonds. The molecule has 3 aromatic carbocycles. The molecule has 1 fully saturated rings. The minimum Gasteiger partial charge on any atom is -0.447 e. The number of esters is 1. The second-order valence-electron chi connectivity index (χ2n) is 11.8. The second-order valence-corrected chi connectivity index (χ2v) is 14.7. The number of aromatic nitrogens is 3. The number of hydrogen-bond acceptors (Lipinski definition) is 11. The van der Waals surface area contributed by atoms with Crippen LogP contribution in [0.15, 0.2) is 85.5 Å². The molecule has 18 heteroatoms. The fourth-order valence-electron chi connectivity index (χ4n) is 5.46. The Morgan fingerprint density at radius 3 is 2.44 bits per heavy atom. The van der Waals surface area contributed by atoms with Crippen LogP contribution in [0.3, 0.4) is 0 Å². The van der Waals surface area contributed by atoms with E-state index < -0.39 is 60.2 Å². The fraction of sp³-hybridized carbons (Fsp3) is 0.250. The first-order valence-corrected chi connectivity index (χ1v) is 18.4. The molecule has 1 aliphatic rings. The van der Waals surface area contributed by atoms with Crippen molar-refractivity contribution in [1.82, 2.24) is 14.8 Å². The van der Waals surface area contributed by atoms with E-state index in [2.05, 4.69) is 14.6 Å². The highest BCUT2D eigenvalue weighted by Crippen LogP contribution is 2.43. The molecule has 1 saturated heterocycles. The van der Waals surface area contributed by atoms with Gasteiger partial charge in [0.1, 0.15) is 30.1 Å². The molecule has 54 heavy (non-hydrogen) atoms. The van der Waals surface area contributed by atoms with Crippen LogP contribution in [-0.4, -0.2) is 60.5 Å². The highest BCUT2D eigenvalue weighted by atomic mass is 32.2. The summed E-state index contributed by atoms with van der Waals surface area (Å²) in [6, 6.07) is 14.4. The lowest BCUT2D eigenvalue weighted by molar-refractivity contribution is -0.146. The van der Waals surface area contributed by atoms with Gasteiger partial charge in [-0.05, 0) is 55.0 Å². The number of halogens is 3. The van der Waals surface area contributed by atoms with Gasteiger partial charge in [0.05, 0.1) is 60.4 Å². The Kier molecular flexibility index (Phi) is 13.2. The van der Waals surface area contributed by atoms with E-state index in [1.807, 2.05) is 12.1 Å². The minimum absolute atomic E-state index is 0.0103. The van der Waals surface area contributed by atoms with Crippen molar-refractivity contribution in [3.8, 4) is 12.1 Å². The predicted molar refractivity (Wildman–Crippen MR) is 187 cm³/mol. The number of carbonyl (C=O) groups excluding carboxylic acids is 1. The topological polar surface area (TPSA) is 190 Å². The average molecular weight is 782 g/mol. The summed E-state index contributed by atoms with van der Waals surface area (Å²) in [6.45, 7) is 0.852. The zero-order chi connectivity index (χ0) is 38.9. The van der Waals surface area contributed by atoms with E-state index in [9.17, 15) is 33.2 Å². The molecule has 2 atom stereocenters. The van der Waals surface area contributed by atoms with E-state index in [-0.39, 0.29) is 53.1 Å². The summed E-state index contributed by atoms with van der Waals surface area (Å²) < 4.78 is 79.6. The lowest BCUT2D eigenvalue weighted by Gasteiger charge is -2.40. The Bertz CT molecular complexity index is 2160. The van der Waals surface area contributed by atoms with Gasteiger partial charge in [-0.15, -0.1) is 11.8 Å². The molecule has 280 valence electrons. The Hall–Kier alpha value is -5.10.